The number of nitrogens with zero attached hydrogens (tertiary/aromatic N) is 4. The Morgan fingerprint density at radius 3 is 1.94 bits per heavy atom. The predicted molar refractivity (Wildman–Crippen MR) is 205 cm³/mol. The summed E-state index contributed by atoms with van der Waals surface area (Å²) in [7, 11) is 0. The van der Waals surface area contributed by atoms with Crippen molar-refractivity contribution in [3.8, 4) is 11.4 Å². The molecule has 0 spiro atoms. The summed E-state index contributed by atoms with van der Waals surface area (Å²) in [6.07, 6.45) is 1.89. The summed E-state index contributed by atoms with van der Waals surface area (Å²) < 4.78 is 7.31. The topological polar surface area (TPSA) is 27.2 Å². The molecule has 4 nitrogen and oxygen atoms in total. The second-order valence-corrected chi connectivity index (χ2v) is 13.2. The summed E-state index contributed by atoms with van der Waals surface area (Å²) in [5.41, 5.74) is 10.6. The van der Waals surface area contributed by atoms with E-state index in [1.165, 1.54) is 76.1 Å². The number of para-hydroxylation sites is 3. The van der Waals surface area contributed by atoms with Crippen LogP contribution in [0, 0.1) is 0 Å². The van der Waals surface area contributed by atoms with E-state index in [9.17, 15) is 0 Å². The SMILES string of the molecule is c1ccc(-n2c3cc(-n4c5cc6c7ccccc7n7c8ccccc8c(c5c5ccc8ccccc8c54)c67)ccc3c3cccnc32)cc1. The fourth-order valence-electron chi connectivity index (χ4n) is 8.85. The van der Waals surface area contributed by atoms with Crippen LogP contribution in [0.5, 0.6) is 0 Å². The standard InChI is InChI=1S/C45H26N4/c1-2-12-28(13-3-1)48-39-25-29(21-23-32(39)33-17-10-24-46-45(33)48)47-40-26-36-31-15-6-8-18-37(31)49-38-19-9-7-16-34(38)42(44(36)49)41(40)35-22-20-27-11-4-5-14-30(27)43(35)47/h1-26H. The van der Waals surface area contributed by atoms with E-state index < -0.39 is 0 Å². The fourth-order valence-corrected chi connectivity index (χ4v) is 8.85. The van der Waals surface area contributed by atoms with E-state index in [0.29, 0.717) is 0 Å². The van der Waals surface area contributed by atoms with Gasteiger partial charge < -0.3 is 8.97 Å². The van der Waals surface area contributed by atoms with Gasteiger partial charge in [0.25, 0.3) is 0 Å². The van der Waals surface area contributed by atoms with Gasteiger partial charge in [0.1, 0.15) is 5.65 Å². The van der Waals surface area contributed by atoms with Gasteiger partial charge in [0, 0.05) is 66.0 Å². The monoisotopic (exact) mass is 622 g/mol. The van der Waals surface area contributed by atoms with Crippen LogP contribution in [0.1, 0.15) is 0 Å². The Hall–Kier alpha value is -6.65. The lowest BCUT2D eigenvalue weighted by atomic mass is 10.0. The lowest BCUT2D eigenvalue weighted by molar-refractivity contribution is 1.13. The maximum Gasteiger partial charge on any atom is 0.145 e. The molecule has 0 aliphatic heterocycles. The normalized spacial score (nSPS) is 12.5. The Labute approximate surface area is 279 Å². The predicted octanol–water partition coefficient (Wildman–Crippen LogP) is 11.6. The van der Waals surface area contributed by atoms with Crippen molar-refractivity contribution < 1.29 is 0 Å². The molecular weight excluding hydrogens is 597 g/mol. The minimum absolute atomic E-state index is 0.966. The van der Waals surface area contributed by atoms with E-state index in [-0.39, 0.29) is 0 Å². The average molecular weight is 623 g/mol. The molecule has 49 heavy (non-hydrogen) atoms. The summed E-state index contributed by atoms with van der Waals surface area (Å²) in [6.45, 7) is 0. The Kier molecular flexibility index (Phi) is 4.69. The Balaban J connectivity index is 1.33. The Morgan fingerprint density at radius 2 is 1.06 bits per heavy atom. The minimum Gasteiger partial charge on any atom is -0.308 e. The lowest BCUT2D eigenvalue weighted by Gasteiger charge is -2.12. The van der Waals surface area contributed by atoms with Gasteiger partial charge in [0.05, 0.1) is 33.1 Å². The molecular formula is C45H26N4. The molecule has 5 heterocycles. The molecule has 226 valence electrons. The van der Waals surface area contributed by atoms with E-state index in [1.807, 2.05) is 12.3 Å². The van der Waals surface area contributed by atoms with Crippen molar-refractivity contribution in [1.82, 2.24) is 18.5 Å². The maximum atomic E-state index is 4.89. The molecule has 0 N–H and O–H groups in total. The summed E-state index contributed by atoms with van der Waals surface area (Å²) in [5, 5.41) is 12.6. The van der Waals surface area contributed by atoms with Crippen molar-refractivity contribution in [2.45, 2.75) is 0 Å². The smallest absolute Gasteiger partial charge is 0.145 e. The molecule has 0 unspecified atom stereocenters. The molecule has 0 fully saturated rings. The first kappa shape index (κ1) is 25.4. The van der Waals surface area contributed by atoms with Crippen molar-refractivity contribution in [1.29, 1.82) is 0 Å². The number of hydrogen-bond donors (Lipinski definition) is 0. The van der Waals surface area contributed by atoms with Gasteiger partial charge >= 0.3 is 0 Å². The van der Waals surface area contributed by atoms with E-state index in [1.54, 1.807) is 0 Å². The highest BCUT2D eigenvalue weighted by atomic mass is 15.1. The summed E-state index contributed by atoms with van der Waals surface area (Å²) >= 11 is 0. The van der Waals surface area contributed by atoms with E-state index in [2.05, 4.69) is 159 Å². The van der Waals surface area contributed by atoms with Gasteiger partial charge in [-0.25, -0.2) is 4.98 Å². The van der Waals surface area contributed by atoms with Crippen LogP contribution in [0.3, 0.4) is 0 Å². The van der Waals surface area contributed by atoms with Crippen molar-refractivity contribution in [2.24, 2.45) is 0 Å². The first-order valence-electron chi connectivity index (χ1n) is 16.8. The Morgan fingerprint density at radius 1 is 0.367 bits per heavy atom. The molecule has 0 bridgehead atoms. The fraction of sp³-hybridized carbons (Fsp3) is 0. The van der Waals surface area contributed by atoms with E-state index in [4.69, 9.17) is 4.98 Å². The van der Waals surface area contributed by atoms with Gasteiger partial charge in [-0.3, -0.25) is 4.57 Å². The Bertz CT molecular complexity index is 3320. The zero-order valence-corrected chi connectivity index (χ0v) is 26.3. The molecule has 0 aliphatic rings. The van der Waals surface area contributed by atoms with Crippen molar-refractivity contribution in [2.75, 3.05) is 0 Å². The zero-order chi connectivity index (χ0) is 31.8. The third-order valence-electron chi connectivity index (χ3n) is 10.8. The van der Waals surface area contributed by atoms with Crippen LogP contribution in [0.2, 0.25) is 0 Å². The van der Waals surface area contributed by atoms with E-state index in [0.717, 1.165) is 27.9 Å². The van der Waals surface area contributed by atoms with Crippen LogP contribution in [-0.2, 0) is 0 Å². The van der Waals surface area contributed by atoms with Crippen molar-refractivity contribution in [3.05, 3.63) is 158 Å². The number of aromatic nitrogens is 4. The number of rotatable bonds is 2. The highest BCUT2D eigenvalue weighted by Gasteiger charge is 2.25. The number of benzene rings is 7. The number of pyridine rings is 1. The van der Waals surface area contributed by atoms with Gasteiger partial charge in [0.15, 0.2) is 0 Å². The molecule has 0 radical (unpaired) electrons. The summed E-state index contributed by atoms with van der Waals surface area (Å²) in [6, 6.07) is 55.4. The molecule has 5 aromatic heterocycles. The van der Waals surface area contributed by atoms with Gasteiger partial charge in [-0.1, -0.05) is 97.1 Å². The van der Waals surface area contributed by atoms with Crippen LogP contribution in [0.15, 0.2) is 158 Å². The molecule has 0 amide bonds. The maximum absolute atomic E-state index is 4.89. The van der Waals surface area contributed by atoms with Crippen LogP contribution in [0.25, 0.3) is 104 Å². The van der Waals surface area contributed by atoms with Crippen LogP contribution in [0.4, 0.5) is 0 Å². The van der Waals surface area contributed by atoms with Gasteiger partial charge in [-0.2, -0.15) is 0 Å². The molecule has 0 saturated heterocycles. The van der Waals surface area contributed by atoms with Crippen molar-refractivity contribution >= 4 is 92.6 Å². The molecule has 12 aromatic rings. The zero-order valence-electron chi connectivity index (χ0n) is 26.3. The third kappa shape index (κ3) is 3.12. The first-order chi connectivity index (χ1) is 24.3. The third-order valence-corrected chi connectivity index (χ3v) is 10.8. The molecule has 7 aromatic carbocycles. The second kappa shape index (κ2) is 9.03. The van der Waals surface area contributed by atoms with Crippen LogP contribution in [-0.4, -0.2) is 18.5 Å². The highest BCUT2D eigenvalue weighted by Crippen LogP contribution is 2.48. The van der Waals surface area contributed by atoms with Crippen molar-refractivity contribution in [3.63, 3.8) is 0 Å². The molecule has 0 atom stereocenters. The lowest BCUT2D eigenvalue weighted by Crippen LogP contribution is -1.98. The molecule has 4 heteroatoms. The largest absolute Gasteiger partial charge is 0.308 e. The molecule has 0 aliphatic carbocycles. The van der Waals surface area contributed by atoms with Crippen LogP contribution >= 0.6 is 0 Å². The van der Waals surface area contributed by atoms with Gasteiger partial charge in [-0.05, 0) is 60.0 Å². The minimum atomic E-state index is 0.966. The summed E-state index contributed by atoms with van der Waals surface area (Å²) in [5.74, 6) is 0. The van der Waals surface area contributed by atoms with E-state index >= 15 is 0 Å². The average Bonchev–Trinajstić information content (AvgIpc) is 3.88. The van der Waals surface area contributed by atoms with Crippen LogP contribution < -0.4 is 0 Å². The summed E-state index contributed by atoms with van der Waals surface area (Å²) in [4.78, 5) is 4.89. The number of hydrogen-bond acceptors (Lipinski definition) is 1. The molecule has 0 saturated carbocycles. The highest BCUT2D eigenvalue weighted by molar-refractivity contribution is 6.37. The van der Waals surface area contributed by atoms with Gasteiger partial charge in [0.2, 0.25) is 0 Å². The quantitative estimate of drug-likeness (QED) is 0.188. The number of fused-ring (bicyclic) bond motifs is 15. The molecule has 12 rings (SSSR count). The second-order valence-electron chi connectivity index (χ2n) is 13.2. The van der Waals surface area contributed by atoms with Gasteiger partial charge in [-0.15, -0.1) is 0 Å². The first-order valence-corrected chi connectivity index (χ1v) is 16.8.